The van der Waals surface area contributed by atoms with Crippen LogP contribution in [-0.2, 0) is 46.6 Å². The summed E-state index contributed by atoms with van der Waals surface area (Å²) in [4.78, 5) is 65.5. The Morgan fingerprint density at radius 1 is 0.644 bits per heavy atom. The summed E-state index contributed by atoms with van der Waals surface area (Å²) in [5.41, 5.74) is 1.72. The number of cyclic esters (lactones) is 2. The first-order chi connectivity index (χ1) is 28.4. The Bertz CT molecular complexity index is 1630. The predicted octanol–water partition coefficient (Wildman–Crippen LogP) is 8.17. The van der Waals surface area contributed by atoms with E-state index < -0.39 is 23.9 Å². The molecular formula is C45H64N2O12. The number of methoxy groups -OCH3 is 2. The number of carboxylic acids is 1. The Balaban J connectivity index is 0.000000485. The van der Waals surface area contributed by atoms with Crippen LogP contribution >= 0.6 is 0 Å². The zero-order chi connectivity index (χ0) is 43.7. The largest absolute Gasteiger partial charge is 0.504 e. The van der Waals surface area contributed by atoms with E-state index in [-0.39, 0.29) is 23.3 Å². The highest BCUT2D eigenvalue weighted by Crippen LogP contribution is 2.28. The zero-order valence-corrected chi connectivity index (χ0v) is 35.2. The van der Waals surface area contributed by atoms with Crippen LogP contribution in [0.1, 0.15) is 134 Å². The molecule has 0 bridgehead atoms. The molecule has 1 fully saturated rings. The molecule has 1 heterocycles. The number of carbonyl (C=O) groups is 6. The zero-order valence-electron chi connectivity index (χ0n) is 35.2. The number of hydrogen-bond donors (Lipinski definition) is 4. The van der Waals surface area contributed by atoms with Crippen LogP contribution in [0, 0.1) is 0 Å². The fraction of sp³-hybridized carbons (Fsp3) is 0.511. The number of phenols is 1. The number of nitrogens with one attached hydrogen (secondary N) is 2. The van der Waals surface area contributed by atoms with Gasteiger partial charge in [0.15, 0.2) is 23.0 Å². The summed E-state index contributed by atoms with van der Waals surface area (Å²) >= 11 is 0. The predicted molar refractivity (Wildman–Crippen MR) is 224 cm³/mol. The van der Waals surface area contributed by atoms with E-state index >= 15 is 0 Å². The van der Waals surface area contributed by atoms with Gasteiger partial charge in [0.05, 0.1) is 14.2 Å². The summed E-state index contributed by atoms with van der Waals surface area (Å²) in [6.07, 6.45) is 23.2. The molecule has 14 heteroatoms. The van der Waals surface area contributed by atoms with Crippen molar-refractivity contribution in [2.75, 3.05) is 14.2 Å². The first-order valence-corrected chi connectivity index (χ1v) is 20.5. The molecule has 14 nitrogen and oxygen atoms in total. The van der Waals surface area contributed by atoms with E-state index in [1.54, 1.807) is 36.4 Å². The molecule has 326 valence electrons. The smallest absolute Gasteiger partial charge is 0.338 e. The topological polar surface area (TPSA) is 204 Å². The number of carboxylic acid groups (broad SMARTS) is 1. The molecule has 0 aromatic heterocycles. The van der Waals surface area contributed by atoms with Crippen molar-refractivity contribution < 1.29 is 57.9 Å². The first-order valence-electron chi connectivity index (χ1n) is 20.5. The van der Waals surface area contributed by atoms with Gasteiger partial charge in [-0.1, -0.05) is 109 Å². The van der Waals surface area contributed by atoms with Gasteiger partial charge in [0.2, 0.25) is 11.8 Å². The quantitative estimate of drug-likeness (QED) is 0.0276. The second-order valence-corrected chi connectivity index (χ2v) is 13.8. The molecule has 0 saturated heterocycles. The number of hydrogen-bond acceptors (Lipinski definition) is 11. The third kappa shape index (κ3) is 27.6. The molecule has 0 unspecified atom stereocenters. The van der Waals surface area contributed by atoms with Gasteiger partial charge in [-0.05, 0) is 48.2 Å². The van der Waals surface area contributed by atoms with E-state index in [1.807, 2.05) is 0 Å². The number of unbranched alkanes of at least 4 members (excludes halogenated alkanes) is 10. The van der Waals surface area contributed by atoms with Gasteiger partial charge in [-0.2, -0.15) is 0 Å². The third-order valence-corrected chi connectivity index (χ3v) is 8.45. The van der Waals surface area contributed by atoms with E-state index in [4.69, 9.17) is 19.3 Å². The average molecular weight is 825 g/mol. The van der Waals surface area contributed by atoms with E-state index in [2.05, 4.69) is 29.2 Å². The molecule has 0 radical (unpaired) electrons. The first kappa shape index (κ1) is 51.4. The van der Waals surface area contributed by atoms with Crippen LogP contribution in [0.3, 0.4) is 0 Å². The summed E-state index contributed by atoms with van der Waals surface area (Å²) in [6, 6.07) is 10.0. The normalized spacial score (nSPS) is 12.1. The molecule has 2 aliphatic rings. The fourth-order valence-electron chi connectivity index (χ4n) is 5.03. The van der Waals surface area contributed by atoms with Crippen LogP contribution in [0.5, 0.6) is 23.0 Å². The molecule has 0 atom stereocenters. The molecule has 1 aliphatic carbocycles. The van der Waals surface area contributed by atoms with E-state index in [0.717, 1.165) is 55.0 Å². The second-order valence-electron chi connectivity index (χ2n) is 13.8. The maximum Gasteiger partial charge on any atom is 0.338 e. The number of benzene rings is 2. The molecule has 2 aromatic carbocycles. The molecule has 4 rings (SSSR count). The molecule has 1 aliphatic heterocycles. The molecule has 2 aromatic rings. The van der Waals surface area contributed by atoms with Crippen LogP contribution < -0.4 is 24.8 Å². The molecular weight excluding hydrogens is 760 g/mol. The monoisotopic (exact) mass is 824 g/mol. The standard InChI is InChI=1S/C21H29NO6.C17H27NO3.C4H2O3.C3H6/c1-3-4-5-6-7-8-9-19(23)22-15-16-10-11-17(18(14-16)27-2)28-21(26)13-12-20(24)25;1-3-4-5-6-7-8-9-17(20)18-13-14-10-11-15(19)16(12-14)21-2;5-3-1-2-4(6)7-3;1-2-3-1/h10-14H,3-9,15H2,1-2H3,(H,22,23)(H,24,25);10-12,19H,3-9,13H2,1-2H3,(H,18,20);1-2H;1-3H2/b13-12-;;;. The van der Waals surface area contributed by atoms with Crippen molar-refractivity contribution >= 4 is 35.7 Å². The number of phenolic OH excluding ortho intramolecular Hbond substituents is 1. The highest BCUT2D eigenvalue weighted by Gasteiger charge is 2.12. The number of aliphatic carboxylic acids is 1. The Morgan fingerprint density at radius 3 is 1.53 bits per heavy atom. The van der Waals surface area contributed by atoms with Crippen molar-refractivity contribution in [2.45, 2.75) is 136 Å². The number of amides is 2. The maximum atomic E-state index is 11.9. The van der Waals surface area contributed by atoms with Crippen molar-refractivity contribution in [3.05, 3.63) is 71.8 Å². The lowest BCUT2D eigenvalue weighted by Gasteiger charge is -2.11. The van der Waals surface area contributed by atoms with Crippen LogP contribution in [0.4, 0.5) is 0 Å². The van der Waals surface area contributed by atoms with E-state index in [0.29, 0.717) is 43.5 Å². The van der Waals surface area contributed by atoms with Gasteiger partial charge in [-0.25, -0.2) is 19.2 Å². The lowest BCUT2D eigenvalue weighted by Crippen LogP contribution is -2.22. The van der Waals surface area contributed by atoms with Crippen LogP contribution in [0.2, 0.25) is 0 Å². The van der Waals surface area contributed by atoms with E-state index in [1.165, 1.54) is 84.8 Å². The van der Waals surface area contributed by atoms with Gasteiger partial charge in [-0.15, -0.1) is 0 Å². The van der Waals surface area contributed by atoms with Gasteiger partial charge in [-0.3, -0.25) is 9.59 Å². The maximum absolute atomic E-state index is 11.9. The molecule has 59 heavy (non-hydrogen) atoms. The minimum absolute atomic E-state index is 0.00349. The number of rotatable bonds is 23. The van der Waals surface area contributed by atoms with Crippen molar-refractivity contribution in [3.8, 4) is 23.0 Å². The summed E-state index contributed by atoms with van der Waals surface area (Å²) in [6.45, 7) is 5.19. The van der Waals surface area contributed by atoms with Crippen molar-refractivity contribution in [1.82, 2.24) is 10.6 Å². The minimum Gasteiger partial charge on any atom is -0.504 e. The number of carbonyl (C=O) groups excluding carboxylic acids is 5. The highest BCUT2D eigenvalue weighted by atomic mass is 16.6. The summed E-state index contributed by atoms with van der Waals surface area (Å²) in [5.74, 6) is -2.10. The molecule has 0 spiro atoms. The highest BCUT2D eigenvalue weighted by molar-refractivity contribution is 6.04. The fourth-order valence-corrected chi connectivity index (χ4v) is 5.03. The van der Waals surface area contributed by atoms with Crippen molar-refractivity contribution in [1.29, 1.82) is 0 Å². The lowest BCUT2D eigenvalue weighted by atomic mass is 10.1. The van der Waals surface area contributed by atoms with Gasteiger partial charge in [0.1, 0.15) is 0 Å². The second kappa shape index (κ2) is 32.3. The van der Waals surface area contributed by atoms with Crippen molar-refractivity contribution in [3.63, 3.8) is 0 Å². The van der Waals surface area contributed by atoms with Crippen LogP contribution in [-0.4, -0.2) is 60.1 Å². The van der Waals surface area contributed by atoms with Gasteiger partial charge < -0.3 is 39.8 Å². The van der Waals surface area contributed by atoms with Crippen LogP contribution in [0.15, 0.2) is 60.7 Å². The summed E-state index contributed by atoms with van der Waals surface area (Å²) in [5, 5.41) is 23.8. The Hall–Kier alpha value is -5.66. The molecule has 4 N–H and O–H groups in total. The Morgan fingerprint density at radius 2 is 1.10 bits per heavy atom. The number of ether oxygens (including phenoxy) is 4. The van der Waals surface area contributed by atoms with Gasteiger partial charge in [0, 0.05) is 50.2 Å². The number of esters is 3. The minimum atomic E-state index is -1.24. The lowest BCUT2D eigenvalue weighted by molar-refractivity contribution is -0.150. The average Bonchev–Trinajstić information content (AvgIpc) is 4.07. The number of aromatic hydroxyl groups is 1. The van der Waals surface area contributed by atoms with Crippen LogP contribution in [0.25, 0.3) is 0 Å². The summed E-state index contributed by atoms with van der Waals surface area (Å²) in [7, 11) is 2.94. The SMILES string of the molecule is C1CC1.CCCCCCCCC(=O)NCc1ccc(O)c(OC)c1.CCCCCCCCC(=O)NCc1ccc(OC(=O)/C=C\C(=O)O)c(OC)c1.O=C1C=CC(=O)O1. The van der Waals surface area contributed by atoms with Gasteiger partial charge in [0.25, 0.3) is 0 Å². The van der Waals surface area contributed by atoms with E-state index in [9.17, 15) is 33.9 Å². The Kier molecular flexibility index (Phi) is 28.1. The third-order valence-electron chi connectivity index (χ3n) is 8.45. The summed E-state index contributed by atoms with van der Waals surface area (Å²) < 4.78 is 19.3. The van der Waals surface area contributed by atoms with Crippen molar-refractivity contribution in [2.24, 2.45) is 0 Å². The van der Waals surface area contributed by atoms with Gasteiger partial charge >= 0.3 is 23.9 Å². The molecule has 1 saturated carbocycles. The Labute approximate surface area is 348 Å². The molecule has 2 amide bonds.